The van der Waals surface area contributed by atoms with Gasteiger partial charge in [0, 0.05) is 5.88 Å². The molecule has 0 saturated heterocycles. The minimum Gasteiger partial charge on any atom is -0.856 e. The first-order valence-electron chi connectivity index (χ1n) is 4.98. The molecule has 1 aromatic carbocycles. The Hall–Kier alpha value is -1.95. The Morgan fingerprint density at radius 1 is 1.29 bits per heavy atom. The standard InChI is InChI=1S/C11H8N4OS/c1-17-11-13-10(16)9-7-4-2-3-5-8(7)12-6-15(9)14-11/h2-6H,1H3. The van der Waals surface area contributed by atoms with E-state index < -0.39 is 0 Å². The molecule has 3 aromatic rings. The minimum atomic E-state index is -0.275. The van der Waals surface area contributed by atoms with E-state index in [4.69, 9.17) is 0 Å². The molecule has 6 heteroatoms. The molecule has 17 heavy (non-hydrogen) atoms. The van der Waals surface area contributed by atoms with Crippen molar-refractivity contribution in [2.45, 2.75) is 5.16 Å². The molecule has 2 heterocycles. The minimum absolute atomic E-state index is 0.275. The summed E-state index contributed by atoms with van der Waals surface area (Å²) in [7, 11) is 0. The van der Waals surface area contributed by atoms with Crippen molar-refractivity contribution in [2.75, 3.05) is 6.26 Å². The highest BCUT2D eigenvalue weighted by Gasteiger charge is 2.12. The molecule has 0 amide bonds. The SMILES string of the molecule is CSc1nc([O-])c2c3ccccc3nc[n+]2n1. The van der Waals surface area contributed by atoms with Gasteiger partial charge in [-0.25, -0.2) is 4.98 Å². The van der Waals surface area contributed by atoms with Crippen LogP contribution in [0.2, 0.25) is 0 Å². The van der Waals surface area contributed by atoms with E-state index in [1.54, 1.807) is 6.33 Å². The topological polar surface area (TPSA) is 65.8 Å². The Morgan fingerprint density at radius 3 is 2.94 bits per heavy atom. The molecular weight excluding hydrogens is 236 g/mol. The molecule has 0 radical (unpaired) electrons. The zero-order valence-corrected chi connectivity index (χ0v) is 9.81. The van der Waals surface area contributed by atoms with Crippen molar-refractivity contribution in [1.29, 1.82) is 0 Å². The smallest absolute Gasteiger partial charge is 0.312 e. The van der Waals surface area contributed by atoms with Gasteiger partial charge < -0.3 is 5.11 Å². The first kappa shape index (κ1) is 10.2. The molecule has 0 N–H and O–H groups in total. The number of hydrogen-bond donors (Lipinski definition) is 0. The quantitative estimate of drug-likeness (QED) is 0.355. The van der Waals surface area contributed by atoms with Crippen molar-refractivity contribution in [1.82, 2.24) is 15.1 Å². The fourth-order valence-corrected chi connectivity index (χ4v) is 2.06. The lowest BCUT2D eigenvalue weighted by Crippen LogP contribution is -2.30. The highest BCUT2D eigenvalue weighted by Crippen LogP contribution is 2.20. The van der Waals surface area contributed by atoms with Crippen LogP contribution in [0.5, 0.6) is 5.88 Å². The molecule has 0 atom stereocenters. The van der Waals surface area contributed by atoms with Gasteiger partial charge in [0.25, 0.3) is 0 Å². The number of para-hydroxylation sites is 1. The van der Waals surface area contributed by atoms with Crippen LogP contribution >= 0.6 is 11.8 Å². The molecular formula is C11H8N4OS. The lowest BCUT2D eigenvalue weighted by atomic mass is 10.2. The van der Waals surface area contributed by atoms with E-state index in [0.717, 1.165) is 10.9 Å². The van der Waals surface area contributed by atoms with Gasteiger partial charge in [0.1, 0.15) is 0 Å². The summed E-state index contributed by atoms with van der Waals surface area (Å²) in [6, 6.07) is 7.46. The summed E-state index contributed by atoms with van der Waals surface area (Å²) in [5, 5.41) is 17.4. The zero-order chi connectivity index (χ0) is 11.8. The predicted octanol–water partition coefficient (Wildman–Crippen LogP) is 0.559. The lowest BCUT2D eigenvalue weighted by molar-refractivity contribution is -0.591. The molecule has 0 aliphatic carbocycles. The summed E-state index contributed by atoms with van der Waals surface area (Å²) < 4.78 is 1.49. The van der Waals surface area contributed by atoms with Crippen molar-refractivity contribution in [3.05, 3.63) is 30.6 Å². The maximum atomic E-state index is 12.0. The second-order valence-electron chi connectivity index (χ2n) is 3.46. The van der Waals surface area contributed by atoms with Gasteiger partial charge in [-0.05, 0) is 23.4 Å². The van der Waals surface area contributed by atoms with Crippen LogP contribution in [0, 0.1) is 0 Å². The molecule has 0 aliphatic rings. The van der Waals surface area contributed by atoms with E-state index in [1.807, 2.05) is 30.5 Å². The van der Waals surface area contributed by atoms with Crippen molar-refractivity contribution >= 4 is 28.2 Å². The van der Waals surface area contributed by atoms with Crippen molar-refractivity contribution in [3.8, 4) is 5.88 Å². The van der Waals surface area contributed by atoms with E-state index in [9.17, 15) is 5.11 Å². The van der Waals surface area contributed by atoms with E-state index in [-0.39, 0.29) is 5.88 Å². The van der Waals surface area contributed by atoms with E-state index in [2.05, 4.69) is 15.1 Å². The Bertz CT molecular complexity index is 716. The third kappa shape index (κ3) is 1.57. The van der Waals surface area contributed by atoms with Crippen LogP contribution in [0.15, 0.2) is 35.7 Å². The number of benzene rings is 1. The van der Waals surface area contributed by atoms with Gasteiger partial charge in [0.2, 0.25) is 5.16 Å². The van der Waals surface area contributed by atoms with Crippen LogP contribution in [0.4, 0.5) is 0 Å². The van der Waals surface area contributed by atoms with Crippen molar-refractivity contribution in [2.24, 2.45) is 0 Å². The highest BCUT2D eigenvalue weighted by atomic mass is 32.2. The molecule has 0 unspecified atom stereocenters. The van der Waals surface area contributed by atoms with E-state index >= 15 is 0 Å². The number of nitrogens with zero attached hydrogens (tertiary/aromatic N) is 4. The van der Waals surface area contributed by atoms with Gasteiger partial charge in [0.15, 0.2) is 11.0 Å². The average Bonchev–Trinajstić information content (AvgIpc) is 2.37. The van der Waals surface area contributed by atoms with Crippen LogP contribution in [0.3, 0.4) is 0 Å². The van der Waals surface area contributed by atoms with Crippen molar-refractivity contribution in [3.63, 3.8) is 0 Å². The summed E-state index contributed by atoms with van der Waals surface area (Å²) in [6.45, 7) is 0. The third-order valence-corrected chi connectivity index (χ3v) is 3.01. The molecule has 0 saturated carbocycles. The highest BCUT2D eigenvalue weighted by molar-refractivity contribution is 7.98. The van der Waals surface area contributed by atoms with Gasteiger partial charge in [-0.2, -0.15) is 0 Å². The largest absolute Gasteiger partial charge is 0.856 e. The summed E-state index contributed by atoms with van der Waals surface area (Å²) in [4.78, 5) is 8.17. The predicted molar refractivity (Wildman–Crippen MR) is 61.7 cm³/mol. The van der Waals surface area contributed by atoms with Crippen LogP contribution in [0.25, 0.3) is 16.4 Å². The number of rotatable bonds is 1. The average molecular weight is 244 g/mol. The molecule has 0 fully saturated rings. The molecule has 84 valence electrons. The monoisotopic (exact) mass is 244 g/mol. The summed E-state index contributed by atoms with van der Waals surface area (Å²) in [6.07, 6.45) is 3.37. The number of fused-ring (bicyclic) bond motifs is 3. The summed E-state index contributed by atoms with van der Waals surface area (Å²) in [5.41, 5.74) is 1.23. The number of hydrogen-bond acceptors (Lipinski definition) is 5. The molecule has 0 aliphatic heterocycles. The normalized spacial score (nSPS) is 11.1. The van der Waals surface area contributed by atoms with Crippen LogP contribution in [0.1, 0.15) is 0 Å². The van der Waals surface area contributed by atoms with Crippen LogP contribution in [-0.2, 0) is 0 Å². The zero-order valence-electron chi connectivity index (χ0n) is 8.99. The molecule has 0 bridgehead atoms. The Labute approximate surface area is 101 Å². The van der Waals surface area contributed by atoms with Gasteiger partial charge in [0.05, 0.1) is 5.39 Å². The fraction of sp³-hybridized carbons (Fsp3) is 0.0909. The Balaban J connectivity index is 2.50. The maximum absolute atomic E-state index is 12.0. The van der Waals surface area contributed by atoms with Gasteiger partial charge >= 0.3 is 6.33 Å². The Kier molecular flexibility index (Phi) is 2.29. The number of aromatic nitrogens is 4. The van der Waals surface area contributed by atoms with Crippen LogP contribution < -0.4 is 9.62 Å². The summed E-state index contributed by atoms with van der Waals surface area (Å²) >= 11 is 1.33. The van der Waals surface area contributed by atoms with E-state index in [0.29, 0.717) is 10.7 Å². The second kappa shape index (κ2) is 3.81. The maximum Gasteiger partial charge on any atom is 0.312 e. The molecule has 3 rings (SSSR count). The Morgan fingerprint density at radius 2 is 2.12 bits per heavy atom. The van der Waals surface area contributed by atoms with Crippen LogP contribution in [-0.4, -0.2) is 21.3 Å². The summed E-state index contributed by atoms with van der Waals surface area (Å²) in [5.74, 6) is -0.275. The first-order valence-corrected chi connectivity index (χ1v) is 6.20. The van der Waals surface area contributed by atoms with Gasteiger partial charge in [-0.3, -0.25) is 0 Å². The molecule has 0 spiro atoms. The first-order chi connectivity index (χ1) is 8.29. The van der Waals surface area contributed by atoms with Gasteiger partial charge in [-0.1, -0.05) is 33.5 Å². The third-order valence-electron chi connectivity index (χ3n) is 2.47. The number of thioether (sulfide) groups is 1. The molecule has 2 aromatic heterocycles. The fourth-order valence-electron chi connectivity index (χ4n) is 1.71. The van der Waals surface area contributed by atoms with Gasteiger partial charge in [-0.15, -0.1) is 0 Å². The van der Waals surface area contributed by atoms with Crippen molar-refractivity contribution < 1.29 is 9.62 Å². The lowest BCUT2D eigenvalue weighted by Gasteiger charge is -2.07. The van der Waals surface area contributed by atoms with E-state index in [1.165, 1.54) is 16.3 Å². The molecule has 5 nitrogen and oxygen atoms in total. The second-order valence-corrected chi connectivity index (χ2v) is 4.23.